The summed E-state index contributed by atoms with van der Waals surface area (Å²) in [7, 11) is -2.41. The maximum Gasteiger partial charge on any atom is 0.391 e. The molecule has 60 valence electrons. The highest BCUT2D eigenvalue weighted by molar-refractivity contribution is 7.39. The van der Waals surface area contributed by atoms with E-state index in [1.165, 1.54) is 24.3 Å². The summed E-state index contributed by atoms with van der Waals surface area (Å²) in [5.41, 5.74) is 0. The van der Waals surface area contributed by atoms with Crippen LogP contribution >= 0.6 is 8.60 Å². The third-order valence-corrected chi connectivity index (χ3v) is 1.37. The van der Waals surface area contributed by atoms with Crippen LogP contribution in [-0.2, 0) is 0 Å². The zero-order valence-corrected chi connectivity index (χ0v) is 6.33. The molecule has 0 aliphatic carbocycles. The van der Waals surface area contributed by atoms with Crippen molar-refractivity contribution in [3.8, 4) is 5.75 Å². The largest absolute Gasteiger partial charge is 0.427 e. The maximum absolute atomic E-state index is 12.2. The standard InChI is InChI=1S/C6H6FO3P/c7-5-1-3-6(4-2-5)10-11(8)9/h1-4,8-9H. The fourth-order valence-electron chi connectivity index (χ4n) is 0.590. The number of rotatable bonds is 2. The minimum Gasteiger partial charge on any atom is -0.427 e. The normalized spacial score (nSPS) is 10.2. The molecule has 1 aromatic rings. The highest BCUT2D eigenvalue weighted by atomic mass is 31.2. The van der Waals surface area contributed by atoms with Crippen molar-refractivity contribution in [2.24, 2.45) is 0 Å². The highest BCUT2D eigenvalue weighted by Crippen LogP contribution is 2.28. The van der Waals surface area contributed by atoms with E-state index in [1.54, 1.807) is 0 Å². The zero-order chi connectivity index (χ0) is 8.27. The first-order chi connectivity index (χ1) is 5.18. The smallest absolute Gasteiger partial charge is 0.391 e. The van der Waals surface area contributed by atoms with Crippen molar-refractivity contribution in [1.29, 1.82) is 0 Å². The fourth-order valence-corrected chi connectivity index (χ4v) is 0.900. The summed E-state index contributed by atoms with van der Waals surface area (Å²) in [6.45, 7) is 0. The summed E-state index contributed by atoms with van der Waals surface area (Å²) < 4.78 is 16.7. The van der Waals surface area contributed by atoms with Crippen LogP contribution in [0.3, 0.4) is 0 Å². The van der Waals surface area contributed by atoms with Crippen molar-refractivity contribution in [3.63, 3.8) is 0 Å². The second kappa shape index (κ2) is 3.62. The average Bonchev–Trinajstić information content (AvgIpc) is 1.93. The van der Waals surface area contributed by atoms with Gasteiger partial charge in [-0.25, -0.2) is 4.39 Å². The van der Waals surface area contributed by atoms with E-state index >= 15 is 0 Å². The molecule has 0 radical (unpaired) electrons. The quantitative estimate of drug-likeness (QED) is 0.670. The lowest BCUT2D eigenvalue weighted by Gasteiger charge is -2.03. The van der Waals surface area contributed by atoms with Crippen molar-refractivity contribution in [1.82, 2.24) is 0 Å². The molecule has 0 aromatic heterocycles. The van der Waals surface area contributed by atoms with E-state index in [0.29, 0.717) is 0 Å². The van der Waals surface area contributed by atoms with Gasteiger partial charge in [-0.1, -0.05) is 0 Å². The Bertz CT molecular complexity index is 224. The van der Waals surface area contributed by atoms with E-state index in [2.05, 4.69) is 4.52 Å². The van der Waals surface area contributed by atoms with E-state index in [0.717, 1.165) is 0 Å². The summed E-state index contributed by atoms with van der Waals surface area (Å²) in [5, 5.41) is 0. The van der Waals surface area contributed by atoms with Crippen molar-refractivity contribution in [2.45, 2.75) is 0 Å². The molecular weight excluding hydrogens is 170 g/mol. The molecule has 0 bridgehead atoms. The second-order valence-electron chi connectivity index (χ2n) is 1.80. The molecule has 0 saturated carbocycles. The Morgan fingerprint density at radius 2 is 1.73 bits per heavy atom. The second-order valence-corrected chi connectivity index (χ2v) is 2.49. The minimum atomic E-state index is -2.41. The van der Waals surface area contributed by atoms with E-state index < -0.39 is 14.4 Å². The number of hydrogen-bond donors (Lipinski definition) is 2. The van der Waals surface area contributed by atoms with E-state index in [4.69, 9.17) is 9.79 Å². The lowest BCUT2D eigenvalue weighted by Crippen LogP contribution is -1.84. The molecular formula is C6H6FO3P. The van der Waals surface area contributed by atoms with Crippen molar-refractivity contribution >= 4 is 8.60 Å². The Balaban J connectivity index is 2.66. The zero-order valence-electron chi connectivity index (χ0n) is 5.44. The van der Waals surface area contributed by atoms with Crippen LogP contribution in [0.2, 0.25) is 0 Å². The summed E-state index contributed by atoms with van der Waals surface area (Å²) in [5.74, 6) is -0.153. The Kier molecular flexibility index (Phi) is 2.76. The van der Waals surface area contributed by atoms with Crippen LogP contribution in [0.5, 0.6) is 5.75 Å². The van der Waals surface area contributed by atoms with Crippen LogP contribution in [0.4, 0.5) is 4.39 Å². The van der Waals surface area contributed by atoms with Gasteiger partial charge < -0.3 is 14.3 Å². The van der Waals surface area contributed by atoms with Crippen LogP contribution < -0.4 is 4.52 Å². The van der Waals surface area contributed by atoms with Crippen LogP contribution in [0.1, 0.15) is 0 Å². The Morgan fingerprint density at radius 1 is 1.18 bits per heavy atom. The first-order valence-corrected chi connectivity index (χ1v) is 3.96. The summed E-state index contributed by atoms with van der Waals surface area (Å²) in [6, 6.07) is 4.98. The van der Waals surface area contributed by atoms with Crippen molar-refractivity contribution < 1.29 is 18.7 Å². The SMILES string of the molecule is OP(O)Oc1ccc(F)cc1. The molecule has 5 heteroatoms. The molecule has 0 heterocycles. The Labute approximate surface area is 64.1 Å². The molecule has 1 aromatic carbocycles. The molecule has 1 rings (SSSR count). The predicted molar refractivity (Wildman–Crippen MR) is 38.4 cm³/mol. The number of benzene rings is 1. The summed E-state index contributed by atoms with van der Waals surface area (Å²) in [6.07, 6.45) is 0. The van der Waals surface area contributed by atoms with Gasteiger partial charge in [0.05, 0.1) is 0 Å². The average molecular weight is 176 g/mol. The van der Waals surface area contributed by atoms with Gasteiger partial charge in [-0.05, 0) is 24.3 Å². The lowest BCUT2D eigenvalue weighted by molar-refractivity contribution is 0.375. The molecule has 2 N–H and O–H groups in total. The Hall–Kier alpha value is -0.700. The third kappa shape index (κ3) is 2.80. The van der Waals surface area contributed by atoms with Crippen LogP contribution in [0, 0.1) is 5.82 Å². The molecule has 0 spiro atoms. The van der Waals surface area contributed by atoms with Crippen LogP contribution in [0.15, 0.2) is 24.3 Å². The van der Waals surface area contributed by atoms with E-state index in [9.17, 15) is 4.39 Å². The van der Waals surface area contributed by atoms with Gasteiger partial charge in [-0.15, -0.1) is 0 Å². The molecule has 11 heavy (non-hydrogen) atoms. The molecule has 0 saturated heterocycles. The highest BCUT2D eigenvalue weighted by Gasteiger charge is 2.01. The number of halogens is 1. The first-order valence-electron chi connectivity index (χ1n) is 2.80. The molecule has 0 fully saturated rings. The van der Waals surface area contributed by atoms with E-state index in [-0.39, 0.29) is 5.75 Å². The van der Waals surface area contributed by atoms with Gasteiger partial charge in [0.15, 0.2) is 0 Å². The van der Waals surface area contributed by atoms with Crippen molar-refractivity contribution in [2.75, 3.05) is 0 Å². The van der Waals surface area contributed by atoms with Gasteiger partial charge in [0.1, 0.15) is 11.6 Å². The predicted octanol–water partition coefficient (Wildman–Crippen LogP) is 1.42. The summed E-state index contributed by atoms with van der Waals surface area (Å²) in [4.78, 5) is 16.8. The molecule has 0 amide bonds. The number of hydrogen-bond acceptors (Lipinski definition) is 3. The topological polar surface area (TPSA) is 49.7 Å². The van der Waals surface area contributed by atoms with Gasteiger partial charge in [-0.3, -0.25) is 0 Å². The van der Waals surface area contributed by atoms with E-state index in [1.807, 2.05) is 0 Å². The van der Waals surface area contributed by atoms with Gasteiger partial charge in [0.2, 0.25) is 0 Å². The Morgan fingerprint density at radius 3 is 2.18 bits per heavy atom. The van der Waals surface area contributed by atoms with Gasteiger partial charge in [-0.2, -0.15) is 0 Å². The maximum atomic E-state index is 12.2. The fraction of sp³-hybridized carbons (Fsp3) is 0. The molecule has 0 aliphatic heterocycles. The van der Waals surface area contributed by atoms with Crippen LogP contribution in [0.25, 0.3) is 0 Å². The van der Waals surface area contributed by atoms with Crippen molar-refractivity contribution in [3.05, 3.63) is 30.1 Å². The third-order valence-electron chi connectivity index (χ3n) is 1.00. The first kappa shape index (κ1) is 8.40. The molecule has 3 nitrogen and oxygen atoms in total. The molecule has 0 aliphatic rings. The molecule has 0 atom stereocenters. The van der Waals surface area contributed by atoms with Gasteiger partial charge in [0, 0.05) is 0 Å². The lowest BCUT2D eigenvalue weighted by atomic mass is 10.3. The minimum absolute atomic E-state index is 0.238. The summed E-state index contributed by atoms with van der Waals surface area (Å²) >= 11 is 0. The molecule has 0 unspecified atom stereocenters. The van der Waals surface area contributed by atoms with Gasteiger partial charge >= 0.3 is 8.60 Å². The monoisotopic (exact) mass is 176 g/mol. The van der Waals surface area contributed by atoms with Gasteiger partial charge in [0.25, 0.3) is 0 Å². The van der Waals surface area contributed by atoms with Crippen LogP contribution in [-0.4, -0.2) is 9.79 Å².